The zero-order chi connectivity index (χ0) is 19.2. The number of hydrogen-bond acceptors (Lipinski definition) is 3. The summed E-state index contributed by atoms with van der Waals surface area (Å²) < 4.78 is 11.2. The van der Waals surface area contributed by atoms with Gasteiger partial charge in [-0.2, -0.15) is 0 Å². The molecule has 3 nitrogen and oxygen atoms in total. The SMILES string of the molecule is CC1/C=C(\OC(=O)COc2ccccc2)CCCCCCCCCCCC1. The molecule has 27 heavy (non-hydrogen) atoms. The van der Waals surface area contributed by atoms with Gasteiger partial charge in [-0.05, 0) is 37.0 Å². The van der Waals surface area contributed by atoms with E-state index in [1.807, 2.05) is 30.3 Å². The molecular weight excluding hydrogens is 336 g/mol. The van der Waals surface area contributed by atoms with Gasteiger partial charge < -0.3 is 9.47 Å². The van der Waals surface area contributed by atoms with Gasteiger partial charge in [-0.1, -0.05) is 82.9 Å². The fraction of sp³-hybridized carbons (Fsp3) is 0.625. The number of para-hydroxylation sites is 1. The van der Waals surface area contributed by atoms with Crippen molar-refractivity contribution in [2.75, 3.05) is 6.61 Å². The third kappa shape index (κ3) is 10.2. The number of carbonyl (C=O) groups excluding carboxylic acids is 1. The van der Waals surface area contributed by atoms with Gasteiger partial charge in [0.1, 0.15) is 11.5 Å². The first-order chi connectivity index (χ1) is 13.2. The number of carbonyl (C=O) groups is 1. The lowest BCUT2D eigenvalue weighted by molar-refractivity contribution is -0.142. The van der Waals surface area contributed by atoms with E-state index in [-0.39, 0.29) is 12.6 Å². The number of esters is 1. The highest BCUT2D eigenvalue weighted by Gasteiger charge is 2.11. The van der Waals surface area contributed by atoms with E-state index in [4.69, 9.17) is 9.47 Å². The van der Waals surface area contributed by atoms with Crippen molar-refractivity contribution in [1.82, 2.24) is 0 Å². The summed E-state index contributed by atoms with van der Waals surface area (Å²) in [6.45, 7) is 2.18. The first-order valence-corrected chi connectivity index (χ1v) is 10.8. The summed E-state index contributed by atoms with van der Waals surface area (Å²) in [4.78, 5) is 12.2. The van der Waals surface area contributed by atoms with E-state index in [9.17, 15) is 4.79 Å². The normalized spacial score (nSPS) is 22.6. The fourth-order valence-corrected chi connectivity index (χ4v) is 3.58. The van der Waals surface area contributed by atoms with E-state index in [2.05, 4.69) is 13.0 Å². The largest absolute Gasteiger partial charge is 0.482 e. The highest BCUT2D eigenvalue weighted by Crippen LogP contribution is 2.20. The van der Waals surface area contributed by atoms with Crippen LogP contribution in [0.4, 0.5) is 0 Å². The lowest BCUT2D eigenvalue weighted by Crippen LogP contribution is -2.15. The number of rotatable bonds is 4. The second-order valence-electron chi connectivity index (χ2n) is 7.76. The highest BCUT2D eigenvalue weighted by molar-refractivity contribution is 5.72. The maximum atomic E-state index is 12.2. The Hall–Kier alpha value is -1.77. The standard InChI is InChI=1S/C24H36O3/c1-21-15-11-8-6-4-2-3-5-7-9-12-18-23(19-21)27-24(25)20-26-22-16-13-10-14-17-22/h10,13-14,16-17,19,21H,2-9,11-12,15,18,20H2,1H3/b23-19-. The molecule has 1 unspecified atom stereocenters. The summed E-state index contributed by atoms with van der Waals surface area (Å²) in [6.07, 6.45) is 17.2. The molecule has 3 heteroatoms. The van der Waals surface area contributed by atoms with Gasteiger partial charge in [-0.3, -0.25) is 0 Å². The Kier molecular flexibility index (Phi) is 10.7. The van der Waals surface area contributed by atoms with Crippen molar-refractivity contribution < 1.29 is 14.3 Å². The van der Waals surface area contributed by atoms with E-state index in [1.54, 1.807) is 0 Å². The summed E-state index contributed by atoms with van der Waals surface area (Å²) in [5.41, 5.74) is 0. The molecule has 150 valence electrons. The predicted molar refractivity (Wildman–Crippen MR) is 111 cm³/mol. The molecule has 0 radical (unpaired) electrons. The molecule has 1 aromatic rings. The van der Waals surface area contributed by atoms with E-state index in [0.29, 0.717) is 11.7 Å². The predicted octanol–water partition coefficient (Wildman–Crippen LogP) is 6.82. The van der Waals surface area contributed by atoms with Gasteiger partial charge in [-0.25, -0.2) is 4.79 Å². The van der Waals surface area contributed by atoms with Crippen LogP contribution in [0.3, 0.4) is 0 Å². The van der Waals surface area contributed by atoms with Crippen molar-refractivity contribution in [3.05, 3.63) is 42.2 Å². The summed E-state index contributed by atoms with van der Waals surface area (Å²) >= 11 is 0. The molecule has 2 rings (SSSR count). The Morgan fingerprint density at radius 3 is 2.15 bits per heavy atom. The first kappa shape index (κ1) is 21.5. The van der Waals surface area contributed by atoms with E-state index >= 15 is 0 Å². The number of hydrogen-bond donors (Lipinski definition) is 0. The van der Waals surface area contributed by atoms with Crippen molar-refractivity contribution in [3.8, 4) is 5.75 Å². The highest BCUT2D eigenvalue weighted by atomic mass is 16.6. The van der Waals surface area contributed by atoms with Crippen molar-refractivity contribution in [3.63, 3.8) is 0 Å². The maximum absolute atomic E-state index is 12.2. The molecule has 0 N–H and O–H groups in total. The summed E-state index contributed by atoms with van der Waals surface area (Å²) in [5, 5.41) is 0. The first-order valence-electron chi connectivity index (χ1n) is 10.8. The Morgan fingerprint density at radius 2 is 1.48 bits per heavy atom. The Balaban J connectivity index is 1.85. The van der Waals surface area contributed by atoms with Crippen molar-refractivity contribution in [1.29, 1.82) is 0 Å². The van der Waals surface area contributed by atoms with Gasteiger partial charge in [0.2, 0.25) is 0 Å². The molecule has 0 fully saturated rings. The van der Waals surface area contributed by atoms with Crippen LogP contribution in [0.25, 0.3) is 0 Å². The van der Waals surface area contributed by atoms with E-state index < -0.39 is 0 Å². The smallest absolute Gasteiger partial charge is 0.349 e. The third-order valence-electron chi connectivity index (χ3n) is 5.15. The molecule has 0 spiro atoms. The summed E-state index contributed by atoms with van der Waals surface area (Å²) in [6, 6.07) is 9.40. The molecule has 1 atom stereocenters. The van der Waals surface area contributed by atoms with Crippen molar-refractivity contribution >= 4 is 5.97 Å². The fourth-order valence-electron chi connectivity index (χ4n) is 3.58. The molecule has 0 heterocycles. The average Bonchev–Trinajstić information content (AvgIpc) is 2.68. The van der Waals surface area contributed by atoms with Crippen LogP contribution < -0.4 is 4.74 Å². The van der Waals surface area contributed by atoms with E-state index in [0.717, 1.165) is 18.6 Å². The van der Waals surface area contributed by atoms with Gasteiger partial charge >= 0.3 is 5.97 Å². The quantitative estimate of drug-likeness (QED) is 0.544. The molecule has 1 aliphatic rings. The molecule has 0 saturated heterocycles. The number of allylic oxidation sites excluding steroid dienone is 2. The minimum absolute atomic E-state index is 0.0459. The molecule has 0 aliphatic heterocycles. The lowest BCUT2D eigenvalue weighted by atomic mass is 10.0. The molecule has 0 saturated carbocycles. The minimum Gasteiger partial charge on any atom is -0.482 e. The van der Waals surface area contributed by atoms with Crippen LogP contribution in [-0.4, -0.2) is 12.6 Å². The maximum Gasteiger partial charge on any atom is 0.349 e. The van der Waals surface area contributed by atoms with Crippen LogP contribution in [0.2, 0.25) is 0 Å². The lowest BCUT2D eigenvalue weighted by Gasteiger charge is -2.13. The number of benzene rings is 1. The molecule has 0 amide bonds. The number of ether oxygens (including phenoxy) is 2. The van der Waals surface area contributed by atoms with Crippen molar-refractivity contribution in [2.24, 2.45) is 5.92 Å². The molecule has 1 aliphatic carbocycles. The molecule has 0 bridgehead atoms. The monoisotopic (exact) mass is 372 g/mol. The summed E-state index contributed by atoms with van der Waals surface area (Å²) in [5.74, 6) is 1.67. The Morgan fingerprint density at radius 1 is 0.889 bits per heavy atom. The van der Waals surface area contributed by atoms with Gasteiger partial charge in [0.25, 0.3) is 0 Å². The zero-order valence-electron chi connectivity index (χ0n) is 17.0. The van der Waals surface area contributed by atoms with Gasteiger partial charge in [0.05, 0.1) is 0 Å². The Labute approximate surface area is 165 Å². The third-order valence-corrected chi connectivity index (χ3v) is 5.15. The topological polar surface area (TPSA) is 35.5 Å². The van der Waals surface area contributed by atoms with Crippen LogP contribution in [0, 0.1) is 5.92 Å². The van der Waals surface area contributed by atoms with Crippen LogP contribution in [0.1, 0.15) is 84.0 Å². The molecule has 1 aromatic carbocycles. The summed E-state index contributed by atoms with van der Waals surface area (Å²) in [7, 11) is 0. The van der Waals surface area contributed by atoms with Crippen LogP contribution >= 0.6 is 0 Å². The van der Waals surface area contributed by atoms with Crippen LogP contribution in [-0.2, 0) is 9.53 Å². The average molecular weight is 373 g/mol. The molecule has 0 aromatic heterocycles. The second-order valence-corrected chi connectivity index (χ2v) is 7.76. The Bertz CT molecular complexity index is 550. The van der Waals surface area contributed by atoms with Gasteiger partial charge in [0, 0.05) is 6.42 Å². The minimum atomic E-state index is -0.310. The second kappa shape index (κ2) is 13.4. The van der Waals surface area contributed by atoms with Gasteiger partial charge in [-0.15, -0.1) is 0 Å². The van der Waals surface area contributed by atoms with E-state index in [1.165, 1.54) is 64.2 Å². The zero-order valence-corrected chi connectivity index (χ0v) is 17.0. The van der Waals surface area contributed by atoms with Gasteiger partial charge in [0.15, 0.2) is 6.61 Å². The van der Waals surface area contributed by atoms with Crippen LogP contribution in [0.5, 0.6) is 5.75 Å². The van der Waals surface area contributed by atoms with Crippen molar-refractivity contribution in [2.45, 2.75) is 84.0 Å². The molecular formula is C24H36O3. The van der Waals surface area contributed by atoms with Crippen LogP contribution in [0.15, 0.2) is 42.2 Å².